The van der Waals surface area contributed by atoms with E-state index < -0.39 is 17.8 Å². The molecule has 2 aromatic carbocycles. The highest BCUT2D eigenvalue weighted by Gasteiger charge is 2.20. The highest BCUT2D eigenvalue weighted by molar-refractivity contribution is 5.99. The summed E-state index contributed by atoms with van der Waals surface area (Å²) < 4.78 is 10.6. The molecule has 1 fully saturated rings. The molecular formula is C26H33N3O5. The van der Waals surface area contributed by atoms with Crippen molar-refractivity contribution in [2.45, 2.75) is 45.1 Å². The van der Waals surface area contributed by atoms with Crippen molar-refractivity contribution >= 4 is 23.5 Å². The van der Waals surface area contributed by atoms with Crippen molar-refractivity contribution in [2.75, 3.05) is 31.7 Å². The number of nitrogens with zero attached hydrogens (tertiary/aromatic N) is 1. The van der Waals surface area contributed by atoms with Crippen molar-refractivity contribution in [3.8, 4) is 0 Å². The van der Waals surface area contributed by atoms with Crippen LogP contribution in [0.1, 0.15) is 70.1 Å². The molecule has 0 unspecified atom stereocenters. The molecule has 2 N–H and O–H groups in total. The molecule has 3 rings (SSSR count). The highest BCUT2D eigenvalue weighted by atomic mass is 16.5. The third-order valence-electron chi connectivity index (χ3n) is 5.90. The number of methoxy groups -OCH3 is 1. The van der Waals surface area contributed by atoms with E-state index in [2.05, 4.69) is 27.4 Å². The Morgan fingerprint density at radius 1 is 0.853 bits per heavy atom. The summed E-state index contributed by atoms with van der Waals surface area (Å²) in [6.45, 7) is 4.89. The third-order valence-corrected chi connectivity index (χ3v) is 5.90. The minimum Gasteiger partial charge on any atom is -0.465 e. The van der Waals surface area contributed by atoms with Crippen molar-refractivity contribution in [3.63, 3.8) is 0 Å². The predicted molar refractivity (Wildman–Crippen MR) is 130 cm³/mol. The Kier molecular flexibility index (Phi) is 9.46. The van der Waals surface area contributed by atoms with E-state index in [0.29, 0.717) is 22.8 Å². The second-order valence-corrected chi connectivity index (χ2v) is 8.29. The van der Waals surface area contributed by atoms with Crippen LogP contribution in [0, 0.1) is 0 Å². The van der Waals surface area contributed by atoms with Gasteiger partial charge < -0.3 is 14.4 Å². The van der Waals surface area contributed by atoms with Crippen LogP contribution in [0.2, 0.25) is 0 Å². The fraction of sp³-hybridized carbons (Fsp3) is 0.423. The lowest BCUT2D eigenvalue weighted by Gasteiger charge is -2.33. The van der Waals surface area contributed by atoms with Gasteiger partial charge in [-0.25, -0.2) is 4.79 Å². The van der Waals surface area contributed by atoms with Crippen LogP contribution in [-0.2, 0) is 9.47 Å². The Bertz CT molecular complexity index is 951. The Morgan fingerprint density at radius 3 is 1.91 bits per heavy atom. The first-order valence-electron chi connectivity index (χ1n) is 11.8. The number of rotatable bonds is 9. The molecule has 1 saturated heterocycles. The van der Waals surface area contributed by atoms with Gasteiger partial charge in [0.25, 0.3) is 11.8 Å². The topological polar surface area (TPSA) is 97.0 Å². The van der Waals surface area contributed by atoms with E-state index in [1.807, 2.05) is 12.1 Å². The number of amides is 2. The molecule has 0 aliphatic carbocycles. The number of piperidine rings is 1. The van der Waals surface area contributed by atoms with Crippen molar-refractivity contribution < 1.29 is 23.9 Å². The number of hydrogen-bond donors (Lipinski definition) is 2. The molecule has 2 aromatic rings. The second-order valence-electron chi connectivity index (χ2n) is 8.29. The van der Waals surface area contributed by atoms with Gasteiger partial charge in [-0.3, -0.25) is 20.4 Å². The van der Waals surface area contributed by atoms with Gasteiger partial charge in [-0.05, 0) is 67.8 Å². The van der Waals surface area contributed by atoms with Crippen LogP contribution in [0.4, 0.5) is 5.69 Å². The molecule has 8 nitrogen and oxygen atoms in total. The lowest BCUT2D eigenvalue weighted by atomic mass is 10.1. The van der Waals surface area contributed by atoms with E-state index in [9.17, 15) is 14.4 Å². The van der Waals surface area contributed by atoms with Gasteiger partial charge in [0.2, 0.25) is 0 Å². The molecule has 1 heterocycles. The zero-order valence-corrected chi connectivity index (χ0v) is 19.8. The summed E-state index contributed by atoms with van der Waals surface area (Å²) >= 11 is 0. The lowest BCUT2D eigenvalue weighted by molar-refractivity contribution is 0.0349. The van der Waals surface area contributed by atoms with Gasteiger partial charge in [-0.2, -0.15) is 0 Å². The van der Waals surface area contributed by atoms with Gasteiger partial charge in [0.05, 0.1) is 18.8 Å². The summed E-state index contributed by atoms with van der Waals surface area (Å²) in [6.07, 6.45) is 5.88. The molecule has 0 saturated carbocycles. The highest BCUT2D eigenvalue weighted by Crippen LogP contribution is 2.22. The molecule has 0 aromatic heterocycles. The maximum absolute atomic E-state index is 12.4. The number of carbonyl (C=O) groups is 3. The number of unbranched alkanes of at least 4 members (excludes halogenated alkanes) is 2. The van der Waals surface area contributed by atoms with Crippen LogP contribution >= 0.6 is 0 Å². The van der Waals surface area contributed by atoms with Gasteiger partial charge in [0.15, 0.2) is 0 Å². The van der Waals surface area contributed by atoms with Crippen LogP contribution in [0.15, 0.2) is 48.5 Å². The molecule has 34 heavy (non-hydrogen) atoms. The number of ether oxygens (including phenoxy) is 2. The van der Waals surface area contributed by atoms with Gasteiger partial charge in [0, 0.05) is 36.5 Å². The minimum atomic E-state index is -0.485. The number of nitrogens with one attached hydrogen (secondary N) is 2. The number of esters is 1. The average Bonchev–Trinajstić information content (AvgIpc) is 2.89. The van der Waals surface area contributed by atoms with Gasteiger partial charge >= 0.3 is 5.97 Å². The van der Waals surface area contributed by atoms with Crippen LogP contribution in [0.25, 0.3) is 0 Å². The molecule has 1 aliphatic rings. The number of hydrogen-bond acceptors (Lipinski definition) is 6. The van der Waals surface area contributed by atoms with Crippen molar-refractivity contribution in [1.82, 2.24) is 10.9 Å². The summed E-state index contributed by atoms with van der Waals surface area (Å²) in [5.74, 6) is -1.38. The van der Waals surface area contributed by atoms with Crippen LogP contribution in [-0.4, -0.2) is 50.7 Å². The van der Waals surface area contributed by atoms with Crippen LogP contribution < -0.4 is 15.8 Å². The van der Waals surface area contributed by atoms with Gasteiger partial charge in [-0.15, -0.1) is 0 Å². The van der Waals surface area contributed by atoms with Crippen LogP contribution in [0.3, 0.4) is 0 Å². The van der Waals surface area contributed by atoms with Gasteiger partial charge in [-0.1, -0.05) is 19.8 Å². The summed E-state index contributed by atoms with van der Waals surface area (Å²) in [5, 5.41) is 0. The quantitative estimate of drug-likeness (QED) is 0.331. The lowest BCUT2D eigenvalue weighted by Crippen LogP contribution is -2.41. The molecule has 1 aliphatic heterocycles. The van der Waals surface area contributed by atoms with E-state index in [-0.39, 0.29) is 0 Å². The average molecular weight is 468 g/mol. The number of benzene rings is 2. The first-order chi connectivity index (χ1) is 16.5. The van der Waals surface area contributed by atoms with E-state index in [4.69, 9.17) is 4.74 Å². The first-order valence-corrected chi connectivity index (χ1v) is 11.8. The van der Waals surface area contributed by atoms with Crippen molar-refractivity contribution in [2.24, 2.45) is 0 Å². The zero-order chi connectivity index (χ0) is 24.3. The molecule has 0 bridgehead atoms. The maximum Gasteiger partial charge on any atom is 0.337 e. The second kappa shape index (κ2) is 12.7. The Hall–Kier alpha value is -3.39. The molecule has 0 atom stereocenters. The van der Waals surface area contributed by atoms with E-state index >= 15 is 0 Å². The first kappa shape index (κ1) is 25.2. The normalized spacial score (nSPS) is 13.9. The molecule has 2 amide bonds. The largest absolute Gasteiger partial charge is 0.465 e. The Balaban J connectivity index is 1.44. The third kappa shape index (κ3) is 7.05. The monoisotopic (exact) mass is 467 g/mol. The van der Waals surface area contributed by atoms with Crippen molar-refractivity contribution in [1.29, 1.82) is 0 Å². The standard InChI is InChI=1S/C26H33N3O5/c1-3-4-5-18-34-23-14-16-29(17-15-23)22-12-10-20(11-13-22)25(31)28-27-24(30)19-6-8-21(9-7-19)26(32)33-2/h6-13,23H,3-5,14-18H2,1-2H3,(H,27,30)(H,28,31). The molecule has 8 heteroatoms. The van der Waals surface area contributed by atoms with Crippen LogP contribution in [0.5, 0.6) is 0 Å². The number of hydrazine groups is 1. The van der Waals surface area contributed by atoms with E-state index in [1.165, 1.54) is 44.2 Å². The molecule has 0 spiro atoms. The number of anilines is 1. The van der Waals surface area contributed by atoms with E-state index in [0.717, 1.165) is 44.6 Å². The minimum absolute atomic E-state index is 0.307. The zero-order valence-electron chi connectivity index (χ0n) is 19.8. The van der Waals surface area contributed by atoms with Crippen molar-refractivity contribution in [3.05, 3.63) is 65.2 Å². The fourth-order valence-corrected chi connectivity index (χ4v) is 3.84. The Labute approximate surface area is 200 Å². The fourth-order valence-electron chi connectivity index (χ4n) is 3.84. The summed E-state index contributed by atoms with van der Waals surface area (Å²) in [4.78, 5) is 38.5. The molecule has 182 valence electrons. The molecule has 0 radical (unpaired) electrons. The Morgan fingerprint density at radius 2 is 1.38 bits per heavy atom. The number of carbonyl (C=O) groups excluding carboxylic acids is 3. The predicted octanol–water partition coefficient (Wildman–Crippen LogP) is 3.72. The summed E-state index contributed by atoms with van der Waals surface area (Å²) in [6, 6.07) is 13.3. The molecular weight excluding hydrogens is 434 g/mol. The summed E-state index contributed by atoms with van der Waals surface area (Å²) in [5.41, 5.74) is 6.96. The van der Waals surface area contributed by atoms with Gasteiger partial charge in [0.1, 0.15) is 0 Å². The maximum atomic E-state index is 12.4. The SMILES string of the molecule is CCCCCOC1CCN(c2ccc(C(=O)NNC(=O)c3ccc(C(=O)OC)cc3)cc2)CC1. The smallest absolute Gasteiger partial charge is 0.337 e. The summed E-state index contributed by atoms with van der Waals surface area (Å²) in [7, 11) is 1.29. The van der Waals surface area contributed by atoms with E-state index in [1.54, 1.807) is 12.1 Å².